The van der Waals surface area contributed by atoms with Gasteiger partial charge in [0.25, 0.3) is 5.69 Å². The fourth-order valence-corrected chi connectivity index (χ4v) is 4.39. The number of non-ortho nitro benzene ring substituents is 1. The molecule has 0 bridgehead atoms. The average molecular weight is 496 g/mol. The summed E-state index contributed by atoms with van der Waals surface area (Å²) in [4.78, 5) is 24.1. The molecule has 0 spiro atoms. The maximum atomic E-state index is 13.2. The van der Waals surface area contributed by atoms with E-state index < -0.39 is 4.92 Å². The van der Waals surface area contributed by atoms with Crippen molar-refractivity contribution in [1.82, 2.24) is 4.57 Å². The lowest BCUT2D eigenvalue weighted by atomic mass is 10.00. The molecule has 0 aliphatic rings. The molecule has 4 aromatic carbocycles. The first kappa shape index (κ1) is 24.2. The van der Waals surface area contributed by atoms with Crippen LogP contribution >= 0.6 is 0 Å². The van der Waals surface area contributed by atoms with Crippen molar-refractivity contribution in [2.45, 2.75) is 0 Å². The Morgan fingerprint density at radius 2 is 1.34 bits per heavy atom. The van der Waals surface area contributed by atoms with Gasteiger partial charge in [-0.15, -0.1) is 0 Å². The molecule has 182 valence electrons. The summed E-state index contributed by atoms with van der Waals surface area (Å²) in [5.41, 5.74) is 5.16. The summed E-state index contributed by atoms with van der Waals surface area (Å²) in [5, 5.41) is 21.3. The zero-order valence-electron chi connectivity index (χ0n) is 20.2. The summed E-state index contributed by atoms with van der Waals surface area (Å²) < 4.78 is 2.00. The van der Waals surface area contributed by atoms with E-state index in [1.165, 1.54) is 12.1 Å². The molecule has 0 fully saturated rings. The Hall–Kier alpha value is -5.54. The van der Waals surface area contributed by atoms with Crippen LogP contribution in [0.1, 0.15) is 15.9 Å². The molecular weight excluding hydrogens is 474 g/mol. The van der Waals surface area contributed by atoms with Crippen LogP contribution in [-0.2, 0) is 0 Å². The fraction of sp³-hybridized carbons (Fsp3) is 0. The molecule has 0 amide bonds. The minimum absolute atomic E-state index is 0.00819. The third kappa shape index (κ3) is 4.77. The molecule has 5 aromatic rings. The number of allylic oxidation sites excluding steroid dienone is 1. The lowest BCUT2D eigenvalue weighted by Crippen LogP contribution is -2.02. The van der Waals surface area contributed by atoms with Crippen LogP contribution in [0.5, 0.6) is 0 Å². The van der Waals surface area contributed by atoms with Crippen LogP contribution in [0.2, 0.25) is 0 Å². The minimum atomic E-state index is -0.432. The number of ketones is 1. The Labute approximate surface area is 219 Å². The molecule has 38 heavy (non-hydrogen) atoms. The molecule has 0 atom stereocenters. The highest BCUT2D eigenvalue weighted by atomic mass is 16.6. The summed E-state index contributed by atoms with van der Waals surface area (Å²) in [7, 11) is 0. The maximum Gasteiger partial charge on any atom is 0.269 e. The number of nitriles is 1. The standard InChI is InChI=1S/C32H21N3O3/c33-22-27(32(36)25-14-8-3-9-15-25)20-26-21-30(23-10-4-1-5-11-23)34(31(26)24-12-6-2-7-13-24)28-16-18-29(19-17-28)35(37)38/h1-21H. The summed E-state index contributed by atoms with van der Waals surface area (Å²) in [6, 6.07) is 38.4. The van der Waals surface area contributed by atoms with E-state index in [0.717, 1.165) is 22.5 Å². The second-order valence-electron chi connectivity index (χ2n) is 8.54. The van der Waals surface area contributed by atoms with Crippen molar-refractivity contribution >= 4 is 17.5 Å². The normalized spacial score (nSPS) is 11.1. The van der Waals surface area contributed by atoms with E-state index >= 15 is 0 Å². The summed E-state index contributed by atoms with van der Waals surface area (Å²) in [6.07, 6.45) is 1.62. The number of nitro benzene ring substituents is 1. The number of carbonyl (C=O) groups excluding carboxylic acids is 1. The van der Waals surface area contributed by atoms with Gasteiger partial charge in [0.15, 0.2) is 0 Å². The minimum Gasteiger partial charge on any atom is -0.309 e. The molecular formula is C32H21N3O3. The van der Waals surface area contributed by atoms with Crippen LogP contribution < -0.4 is 0 Å². The van der Waals surface area contributed by atoms with Gasteiger partial charge in [-0.1, -0.05) is 91.0 Å². The number of hydrogen-bond donors (Lipinski definition) is 0. The number of carbonyl (C=O) groups is 1. The van der Waals surface area contributed by atoms with Crippen LogP contribution in [0.4, 0.5) is 5.69 Å². The molecule has 0 saturated carbocycles. The smallest absolute Gasteiger partial charge is 0.269 e. The fourth-order valence-electron chi connectivity index (χ4n) is 4.39. The zero-order chi connectivity index (χ0) is 26.5. The maximum absolute atomic E-state index is 13.2. The van der Waals surface area contributed by atoms with Gasteiger partial charge < -0.3 is 4.57 Å². The second kappa shape index (κ2) is 10.6. The zero-order valence-corrected chi connectivity index (χ0v) is 20.2. The van der Waals surface area contributed by atoms with Gasteiger partial charge in [0, 0.05) is 28.9 Å². The van der Waals surface area contributed by atoms with Crippen molar-refractivity contribution in [1.29, 1.82) is 5.26 Å². The van der Waals surface area contributed by atoms with E-state index in [-0.39, 0.29) is 17.0 Å². The van der Waals surface area contributed by atoms with Gasteiger partial charge in [-0.05, 0) is 35.4 Å². The van der Waals surface area contributed by atoms with Crippen molar-refractivity contribution in [2.75, 3.05) is 0 Å². The number of Topliss-reactive ketones (excluding diaryl/α,β-unsaturated/α-hetero) is 1. The molecule has 6 nitrogen and oxygen atoms in total. The van der Waals surface area contributed by atoms with Crippen LogP contribution in [-0.4, -0.2) is 15.3 Å². The third-order valence-electron chi connectivity index (χ3n) is 6.17. The average Bonchev–Trinajstić information content (AvgIpc) is 3.36. The van der Waals surface area contributed by atoms with E-state index in [0.29, 0.717) is 16.8 Å². The molecule has 0 aliphatic heterocycles. The molecule has 0 radical (unpaired) electrons. The van der Waals surface area contributed by atoms with Gasteiger partial charge in [0.1, 0.15) is 11.6 Å². The van der Waals surface area contributed by atoms with Gasteiger partial charge in [-0.25, -0.2) is 0 Å². The van der Waals surface area contributed by atoms with Crippen LogP contribution in [0.3, 0.4) is 0 Å². The van der Waals surface area contributed by atoms with Crippen molar-refractivity contribution in [3.8, 4) is 34.3 Å². The Kier molecular flexibility index (Phi) is 6.75. The Bertz CT molecular complexity index is 1680. The number of nitrogens with zero attached hydrogens (tertiary/aromatic N) is 3. The van der Waals surface area contributed by atoms with Gasteiger partial charge in [-0.2, -0.15) is 5.26 Å². The van der Waals surface area contributed by atoms with Gasteiger partial charge in [0.2, 0.25) is 5.78 Å². The lowest BCUT2D eigenvalue weighted by Gasteiger charge is -2.15. The molecule has 0 aliphatic carbocycles. The quantitative estimate of drug-likeness (QED) is 0.0768. The number of benzene rings is 4. The summed E-state index contributed by atoms with van der Waals surface area (Å²) in [6.45, 7) is 0. The first-order valence-electron chi connectivity index (χ1n) is 11.9. The van der Waals surface area contributed by atoms with Crippen molar-refractivity contribution in [3.63, 3.8) is 0 Å². The van der Waals surface area contributed by atoms with Crippen molar-refractivity contribution in [3.05, 3.63) is 148 Å². The monoisotopic (exact) mass is 495 g/mol. The highest BCUT2D eigenvalue weighted by Crippen LogP contribution is 2.37. The Balaban J connectivity index is 1.79. The van der Waals surface area contributed by atoms with Gasteiger partial charge in [-0.3, -0.25) is 14.9 Å². The first-order valence-corrected chi connectivity index (χ1v) is 11.9. The second-order valence-corrected chi connectivity index (χ2v) is 8.54. The highest BCUT2D eigenvalue weighted by molar-refractivity contribution is 6.14. The predicted molar refractivity (Wildman–Crippen MR) is 148 cm³/mol. The molecule has 0 saturated heterocycles. The van der Waals surface area contributed by atoms with Gasteiger partial charge in [0.05, 0.1) is 16.3 Å². The molecule has 1 aromatic heterocycles. The Morgan fingerprint density at radius 3 is 1.89 bits per heavy atom. The summed E-state index contributed by atoms with van der Waals surface area (Å²) >= 11 is 0. The van der Waals surface area contributed by atoms with Gasteiger partial charge >= 0.3 is 0 Å². The first-order chi connectivity index (χ1) is 18.6. The molecule has 0 N–H and O–H groups in total. The van der Waals surface area contributed by atoms with Crippen LogP contribution in [0.25, 0.3) is 34.3 Å². The number of rotatable bonds is 7. The Morgan fingerprint density at radius 1 is 0.789 bits per heavy atom. The van der Waals surface area contributed by atoms with E-state index in [1.54, 1.807) is 42.5 Å². The van der Waals surface area contributed by atoms with Crippen molar-refractivity contribution in [2.24, 2.45) is 0 Å². The number of hydrogen-bond acceptors (Lipinski definition) is 4. The number of aromatic nitrogens is 1. The molecule has 0 unspecified atom stereocenters. The topological polar surface area (TPSA) is 88.9 Å². The predicted octanol–water partition coefficient (Wildman–Crippen LogP) is 7.51. The lowest BCUT2D eigenvalue weighted by molar-refractivity contribution is -0.384. The highest BCUT2D eigenvalue weighted by Gasteiger charge is 2.21. The van der Waals surface area contributed by atoms with E-state index in [1.807, 2.05) is 77.4 Å². The van der Waals surface area contributed by atoms with Crippen LogP contribution in [0, 0.1) is 21.4 Å². The molecule has 1 heterocycles. The van der Waals surface area contributed by atoms with E-state index in [9.17, 15) is 20.2 Å². The SMILES string of the molecule is N#CC(=Cc1cc(-c2ccccc2)n(-c2ccc([N+](=O)[O-])cc2)c1-c1ccccc1)C(=O)c1ccccc1. The largest absolute Gasteiger partial charge is 0.309 e. The third-order valence-corrected chi connectivity index (χ3v) is 6.17. The number of nitro groups is 1. The molecule has 5 rings (SSSR count). The van der Waals surface area contributed by atoms with E-state index in [4.69, 9.17) is 0 Å². The summed E-state index contributed by atoms with van der Waals surface area (Å²) in [5.74, 6) is -0.364. The van der Waals surface area contributed by atoms with E-state index in [2.05, 4.69) is 6.07 Å². The van der Waals surface area contributed by atoms with Crippen LogP contribution in [0.15, 0.2) is 127 Å². The van der Waals surface area contributed by atoms with Crippen molar-refractivity contribution < 1.29 is 9.72 Å². The molecule has 6 heteroatoms.